The zero-order valence-electron chi connectivity index (χ0n) is 30.9. The third kappa shape index (κ3) is 20.2. The average molecular weight is 669 g/mol. The highest BCUT2D eigenvalue weighted by atomic mass is 16.6. The van der Waals surface area contributed by atoms with Crippen molar-refractivity contribution in [2.45, 2.75) is 131 Å². The number of carbonyl (C=O) groups is 2. The molecule has 0 bridgehead atoms. The molecule has 0 unspecified atom stereocenters. The van der Waals surface area contributed by atoms with Crippen molar-refractivity contribution in [1.82, 2.24) is 21.3 Å². The first-order valence-electron chi connectivity index (χ1n) is 18.0. The predicted octanol–water partition coefficient (Wildman–Crippen LogP) is 7.97. The standard InChI is InChI=1S/C39H64N4O5/c1-31-27-33(29-40-22-17-24-42-36(44)47-38(2,3)4)35(34(28-31)30-41-23-18-25-43-37(45)48-39(5,6)7)46-26-16-11-9-8-10-13-19-32-20-14-12-15-21-32/h12,14-15,20-21,27-28,40-41H,8-11,13,16-19,22-26,29-30H2,1-7H3,(H,42,44)(H,43,45). The number of benzene rings is 2. The molecule has 48 heavy (non-hydrogen) atoms. The Morgan fingerprint density at radius 3 is 1.60 bits per heavy atom. The Morgan fingerprint density at radius 2 is 1.10 bits per heavy atom. The van der Waals surface area contributed by atoms with E-state index in [0.717, 1.165) is 62.1 Å². The van der Waals surface area contributed by atoms with Gasteiger partial charge in [-0.05, 0) is 99.2 Å². The highest BCUT2D eigenvalue weighted by Gasteiger charge is 2.17. The fourth-order valence-electron chi connectivity index (χ4n) is 5.22. The van der Waals surface area contributed by atoms with E-state index in [1.165, 1.54) is 36.8 Å². The first kappa shape index (κ1) is 40.9. The van der Waals surface area contributed by atoms with Gasteiger partial charge in [0.25, 0.3) is 0 Å². The van der Waals surface area contributed by atoms with E-state index >= 15 is 0 Å². The Morgan fingerprint density at radius 1 is 0.625 bits per heavy atom. The first-order chi connectivity index (χ1) is 22.8. The van der Waals surface area contributed by atoms with Crippen LogP contribution in [0.5, 0.6) is 5.75 Å². The van der Waals surface area contributed by atoms with Crippen LogP contribution in [-0.4, -0.2) is 56.2 Å². The zero-order chi connectivity index (χ0) is 35.3. The number of carbonyl (C=O) groups excluding carboxylic acids is 2. The summed E-state index contributed by atoms with van der Waals surface area (Å²) in [5.41, 5.74) is 3.88. The van der Waals surface area contributed by atoms with Gasteiger partial charge >= 0.3 is 12.2 Å². The molecule has 0 atom stereocenters. The van der Waals surface area contributed by atoms with E-state index in [4.69, 9.17) is 14.2 Å². The summed E-state index contributed by atoms with van der Waals surface area (Å²) in [6, 6.07) is 15.1. The topological polar surface area (TPSA) is 110 Å². The quantitative estimate of drug-likeness (QED) is 0.0943. The molecular weight excluding hydrogens is 604 g/mol. The fourth-order valence-corrected chi connectivity index (χ4v) is 5.22. The molecule has 0 radical (unpaired) electrons. The highest BCUT2D eigenvalue weighted by Crippen LogP contribution is 2.27. The normalized spacial score (nSPS) is 11.6. The Hall–Kier alpha value is -3.30. The third-order valence-electron chi connectivity index (χ3n) is 7.36. The third-order valence-corrected chi connectivity index (χ3v) is 7.36. The molecule has 4 N–H and O–H groups in total. The number of amides is 2. The van der Waals surface area contributed by atoms with Crippen LogP contribution in [0.2, 0.25) is 0 Å². The number of hydrogen-bond donors (Lipinski definition) is 4. The number of alkyl carbamates (subject to hydrolysis) is 2. The summed E-state index contributed by atoms with van der Waals surface area (Å²) in [6.07, 6.45) is 9.14. The number of ether oxygens (including phenoxy) is 3. The number of unbranched alkanes of at least 4 members (excludes halogenated alkanes) is 5. The van der Waals surface area contributed by atoms with Crippen LogP contribution in [-0.2, 0) is 29.0 Å². The summed E-state index contributed by atoms with van der Waals surface area (Å²) >= 11 is 0. The largest absolute Gasteiger partial charge is 0.493 e. The minimum absolute atomic E-state index is 0.387. The molecule has 0 spiro atoms. The van der Waals surface area contributed by atoms with Crippen LogP contribution in [0, 0.1) is 6.92 Å². The van der Waals surface area contributed by atoms with Crippen LogP contribution < -0.4 is 26.0 Å². The maximum atomic E-state index is 11.9. The number of aryl methyl sites for hydroxylation is 2. The van der Waals surface area contributed by atoms with Crippen molar-refractivity contribution < 1.29 is 23.8 Å². The van der Waals surface area contributed by atoms with Gasteiger partial charge in [-0.3, -0.25) is 0 Å². The van der Waals surface area contributed by atoms with E-state index in [0.29, 0.717) is 32.8 Å². The summed E-state index contributed by atoms with van der Waals surface area (Å²) in [4.78, 5) is 23.8. The molecule has 2 rings (SSSR count). The number of rotatable bonds is 22. The molecule has 9 heteroatoms. The summed E-state index contributed by atoms with van der Waals surface area (Å²) < 4.78 is 17.1. The van der Waals surface area contributed by atoms with E-state index in [2.05, 4.69) is 70.7 Å². The number of nitrogens with one attached hydrogen (secondary N) is 4. The summed E-state index contributed by atoms with van der Waals surface area (Å²) in [6.45, 7) is 17.9. The lowest BCUT2D eigenvalue weighted by atomic mass is 10.0. The molecule has 0 aromatic heterocycles. The number of hydrogen-bond acceptors (Lipinski definition) is 7. The van der Waals surface area contributed by atoms with Gasteiger partial charge in [-0.25, -0.2) is 9.59 Å². The van der Waals surface area contributed by atoms with Crippen molar-refractivity contribution in [3.63, 3.8) is 0 Å². The monoisotopic (exact) mass is 668 g/mol. The van der Waals surface area contributed by atoms with Crippen molar-refractivity contribution in [3.8, 4) is 5.75 Å². The van der Waals surface area contributed by atoms with E-state index < -0.39 is 11.2 Å². The summed E-state index contributed by atoms with van der Waals surface area (Å²) in [5.74, 6) is 0.947. The molecule has 0 aliphatic carbocycles. The van der Waals surface area contributed by atoms with Gasteiger partial charge in [0.15, 0.2) is 0 Å². The predicted molar refractivity (Wildman–Crippen MR) is 196 cm³/mol. The molecule has 0 aliphatic rings. The summed E-state index contributed by atoms with van der Waals surface area (Å²) in [7, 11) is 0. The average Bonchev–Trinajstić information content (AvgIpc) is 2.99. The van der Waals surface area contributed by atoms with E-state index in [1.54, 1.807) is 0 Å². The molecule has 0 fully saturated rings. The lowest BCUT2D eigenvalue weighted by Gasteiger charge is -2.20. The van der Waals surface area contributed by atoms with Crippen LogP contribution in [0.3, 0.4) is 0 Å². The van der Waals surface area contributed by atoms with Gasteiger partial charge in [-0.2, -0.15) is 0 Å². The molecule has 0 aliphatic heterocycles. The van der Waals surface area contributed by atoms with Crippen molar-refractivity contribution in [2.24, 2.45) is 0 Å². The minimum Gasteiger partial charge on any atom is -0.493 e. The molecule has 2 aromatic rings. The smallest absolute Gasteiger partial charge is 0.407 e. The molecule has 0 saturated heterocycles. The second-order valence-corrected chi connectivity index (χ2v) is 14.5. The second-order valence-electron chi connectivity index (χ2n) is 14.5. The Kier molecular flexibility index (Phi) is 19.0. The van der Waals surface area contributed by atoms with Crippen LogP contribution >= 0.6 is 0 Å². The minimum atomic E-state index is -0.504. The zero-order valence-corrected chi connectivity index (χ0v) is 30.9. The van der Waals surface area contributed by atoms with Crippen molar-refractivity contribution in [1.29, 1.82) is 0 Å². The van der Waals surface area contributed by atoms with E-state index in [1.807, 2.05) is 41.5 Å². The van der Waals surface area contributed by atoms with Gasteiger partial charge in [0.1, 0.15) is 17.0 Å². The molecule has 2 amide bonds. The molecule has 9 nitrogen and oxygen atoms in total. The van der Waals surface area contributed by atoms with Crippen LogP contribution in [0.25, 0.3) is 0 Å². The van der Waals surface area contributed by atoms with Crippen molar-refractivity contribution >= 4 is 12.2 Å². The lowest BCUT2D eigenvalue weighted by Crippen LogP contribution is -2.34. The van der Waals surface area contributed by atoms with Crippen molar-refractivity contribution in [2.75, 3.05) is 32.8 Å². The molecular formula is C39H64N4O5. The van der Waals surface area contributed by atoms with Gasteiger partial charge < -0.3 is 35.5 Å². The second kappa shape index (κ2) is 22.4. The molecule has 270 valence electrons. The molecule has 0 saturated carbocycles. The van der Waals surface area contributed by atoms with Gasteiger partial charge in [0.05, 0.1) is 6.61 Å². The van der Waals surface area contributed by atoms with Crippen molar-refractivity contribution in [3.05, 3.63) is 64.7 Å². The van der Waals surface area contributed by atoms with Gasteiger partial charge in [-0.15, -0.1) is 0 Å². The first-order valence-corrected chi connectivity index (χ1v) is 18.0. The van der Waals surface area contributed by atoms with Crippen LogP contribution in [0.1, 0.15) is 115 Å². The fraction of sp³-hybridized carbons (Fsp3) is 0.641. The van der Waals surface area contributed by atoms with Gasteiger partial charge in [0.2, 0.25) is 0 Å². The maximum absolute atomic E-state index is 11.9. The Balaban J connectivity index is 1.83. The SMILES string of the molecule is Cc1cc(CNCCCNC(=O)OC(C)(C)C)c(OCCCCCCCCc2ccccc2)c(CNCCCNC(=O)OC(C)(C)C)c1. The molecule has 2 aromatic carbocycles. The maximum Gasteiger partial charge on any atom is 0.407 e. The molecule has 0 heterocycles. The summed E-state index contributed by atoms with van der Waals surface area (Å²) in [5, 5.41) is 12.7. The van der Waals surface area contributed by atoms with Crippen LogP contribution in [0.4, 0.5) is 9.59 Å². The van der Waals surface area contributed by atoms with Crippen LogP contribution in [0.15, 0.2) is 42.5 Å². The Labute approximate surface area is 290 Å². The van der Waals surface area contributed by atoms with E-state index in [-0.39, 0.29) is 12.2 Å². The Bertz CT molecular complexity index is 1130. The van der Waals surface area contributed by atoms with Gasteiger partial charge in [-0.1, -0.05) is 73.7 Å². The highest BCUT2D eigenvalue weighted by molar-refractivity contribution is 5.67. The van der Waals surface area contributed by atoms with E-state index in [9.17, 15) is 9.59 Å². The lowest BCUT2D eigenvalue weighted by molar-refractivity contribution is 0.0515. The van der Waals surface area contributed by atoms with Gasteiger partial charge in [0, 0.05) is 37.3 Å².